The zero-order chi connectivity index (χ0) is 18.8. The maximum Gasteiger partial charge on any atom is 0.206 e. The number of hydrogen-bond acceptors (Lipinski definition) is 3. The summed E-state index contributed by atoms with van der Waals surface area (Å²) in [5.41, 5.74) is 3.60. The summed E-state index contributed by atoms with van der Waals surface area (Å²) in [5.74, 6) is 0.0907. The van der Waals surface area contributed by atoms with Crippen LogP contribution in [0.5, 0.6) is 0 Å². The fourth-order valence-corrected chi connectivity index (χ4v) is 6.01. The fraction of sp³-hybridized carbons (Fsp3) is 0.333. The molecule has 1 saturated heterocycles. The summed E-state index contributed by atoms with van der Waals surface area (Å²) in [6, 6.07) is 10.8. The van der Waals surface area contributed by atoms with Gasteiger partial charge in [-0.15, -0.1) is 0 Å². The molecule has 1 fully saturated rings. The number of nitrogens with one attached hydrogen (secondary N) is 1. The first kappa shape index (κ1) is 17.0. The Hall–Kier alpha value is -2.18. The van der Waals surface area contributed by atoms with Crippen molar-refractivity contribution < 1.29 is 12.8 Å². The van der Waals surface area contributed by atoms with Crippen molar-refractivity contribution in [2.45, 2.75) is 35.1 Å². The van der Waals surface area contributed by atoms with Crippen molar-refractivity contribution >= 4 is 20.7 Å². The molecular formula is C21H21FN2O2S. The monoisotopic (exact) mass is 384 g/mol. The number of aryl methyl sites for hydroxylation is 1. The van der Waals surface area contributed by atoms with Crippen LogP contribution in [0.15, 0.2) is 52.3 Å². The van der Waals surface area contributed by atoms with Crippen LogP contribution in [0.2, 0.25) is 0 Å². The van der Waals surface area contributed by atoms with Crippen LogP contribution < -0.4 is 5.32 Å². The third kappa shape index (κ3) is 2.54. The minimum atomic E-state index is -3.76. The van der Waals surface area contributed by atoms with Crippen molar-refractivity contribution in [3.8, 4) is 0 Å². The molecule has 0 spiro atoms. The smallest absolute Gasteiger partial charge is 0.206 e. The number of piperidine rings is 1. The second-order valence-corrected chi connectivity index (χ2v) is 9.62. The number of sulfone groups is 1. The first-order valence-corrected chi connectivity index (χ1v) is 10.8. The largest absolute Gasteiger partial charge is 0.347 e. The Bertz CT molecular complexity index is 1160. The zero-order valence-electron chi connectivity index (χ0n) is 15.1. The van der Waals surface area contributed by atoms with E-state index in [0.717, 1.165) is 36.4 Å². The van der Waals surface area contributed by atoms with Gasteiger partial charge in [-0.2, -0.15) is 0 Å². The van der Waals surface area contributed by atoms with Gasteiger partial charge in [-0.1, -0.05) is 6.07 Å². The van der Waals surface area contributed by atoms with E-state index in [4.69, 9.17) is 0 Å². The molecule has 4 nitrogen and oxygen atoms in total. The highest BCUT2D eigenvalue weighted by molar-refractivity contribution is 7.91. The van der Waals surface area contributed by atoms with E-state index in [1.54, 1.807) is 12.1 Å². The second kappa shape index (κ2) is 5.91. The fourth-order valence-electron chi connectivity index (χ4n) is 4.69. The lowest BCUT2D eigenvalue weighted by molar-refractivity contribution is 0.332. The molecule has 2 aromatic carbocycles. The van der Waals surface area contributed by atoms with Crippen LogP contribution >= 0.6 is 0 Å². The number of nitrogens with zero attached hydrogens (tertiary/aromatic N) is 1. The Morgan fingerprint density at radius 3 is 2.67 bits per heavy atom. The molecule has 3 aliphatic rings. The molecule has 3 heterocycles. The zero-order valence-corrected chi connectivity index (χ0v) is 15.9. The van der Waals surface area contributed by atoms with Gasteiger partial charge in [-0.3, -0.25) is 0 Å². The highest BCUT2D eigenvalue weighted by atomic mass is 32.2. The lowest BCUT2D eigenvalue weighted by Crippen LogP contribution is -2.30. The van der Waals surface area contributed by atoms with E-state index in [2.05, 4.69) is 16.9 Å². The van der Waals surface area contributed by atoms with E-state index < -0.39 is 15.7 Å². The molecular weight excluding hydrogens is 363 g/mol. The third-order valence-electron chi connectivity index (χ3n) is 6.10. The summed E-state index contributed by atoms with van der Waals surface area (Å²) in [6.45, 7) is 1.02. The van der Waals surface area contributed by atoms with E-state index in [1.165, 1.54) is 35.9 Å². The van der Waals surface area contributed by atoms with Gasteiger partial charge in [0, 0.05) is 29.7 Å². The standard InChI is InChI=1S/C21H21FN2O2S/c1-24-19-8-6-16(27(25,26)15-4-2-3-14(22)10-15)11-17(19)21-18-7-5-13(12-23-18)9-20(21)24/h2-4,6,8,10-11,13,18,23H,5,7,9,12H2,1H3. The molecule has 27 heavy (non-hydrogen) atoms. The van der Waals surface area contributed by atoms with E-state index in [0.29, 0.717) is 5.92 Å². The number of halogens is 1. The third-order valence-corrected chi connectivity index (χ3v) is 7.85. The maximum absolute atomic E-state index is 13.6. The van der Waals surface area contributed by atoms with Crippen LogP contribution in [-0.2, 0) is 23.3 Å². The molecule has 3 aromatic rings. The molecule has 0 amide bonds. The minimum absolute atomic E-state index is 0.0112. The van der Waals surface area contributed by atoms with E-state index in [9.17, 15) is 12.8 Å². The SMILES string of the molecule is Cn1c2c(c3cc(S(=O)(=O)c4cccc(F)c4)ccc31)C1CCC(CN1)C2. The van der Waals surface area contributed by atoms with Crippen LogP contribution in [0.25, 0.3) is 10.9 Å². The number of hydrogen-bond donors (Lipinski definition) is 1. The molecule has 1 N–H and O–H groups in total. The molecule has 0 radical (unpaired) electrons. The van der Waals surface area contributed by atoms with Crippen LogP contribution in [-0.4, -0.2) is 19.5 Å². The summed E-state index contributed by atoms with van der Waals surface area (Å²) in [5, 5.41) is 4.62. The van der Waals surface area contributed by atoms with Gasteiger partial charge in [-0.05, 0) is 73.7 Å². The quantitative estimate of drug-likeness (QED) is 0.732. The van der Waals surface area contributed by atoms with Crippen molar-refractivity contribution in [1.29, 1.82) is 0 Å². The first-order chi connectivity index (χ1) is 12.9. The number of benzene rings is 2. The Morgan fingerprint density at radius 1 is 1.11 bits per heavy atom. The molecule has 6 rings (SSSR count). The van der Waals surface area contributed by atoms with Gasteiger partial charge in [0.05, 0.1) is 9.79 Å². The van der Waals surface area contributed by atoms with Crippen molar-refractivity contribution in [3.63, 3.8) is 0 Å². The van der Waals surface area contributed by atoms with Crippen LogP contribution in [0, 0.1) is 11.7 Å². The van der Waals surface area contributed by atoms with Gasteiger partial charge < -0.3 is 9.88 Å². The summed E-state index contributed by atoms with van der Waals surface area (Å²) < 4.78 is 41.9. The average Bonchev–Trinajstić information content (AvgIpc) is 2.82. The molecule has 2 bridgehead atoms. The van der Waals surface area contributed by atoms with E-state index >= 15 is 0 Å². The molecule has 0 saturated carbocycles. The average molecular weight is 384 g/mol. The number of fused-ring (bicyclic) bond motifs is 3. The highest BCUT2D eigenvalue weighted by Crippen LogP contribution is 2.41. The van der Waals surface area contributed by atoms with Crippen LogP contribution in [0.4, 0.5) is 4.39 Å². The lowest BCUT2D eigenvalue weighted by atomic mass is 9.95. The van der Waals surface area contributed by atoms with Gasteiger partial charge in [0.1, 0.15) is 5.82 Å². The highest BCUT2D eigenvalue weighted by Gasteiger charge is 2.33. The molecule has 2 atom stereocenters. The Kier molecular flexibility index (Phi) is 3.71. The van der Waals surface area contributed by atoms with Gasteiger partial charge in [0.2, 0.25) is 9.84 Å². The summed E-state index contributed by atoms with van der Waals surface area (Å²) >= 11 is 0. The Labute approximate surface area is 157 Å². The van der Waals surface area contributed by atoms with Crippen LogP contribution in [0.3, 0.4) is 0 Å². The number of aromatic nitrogens is 1. The first-order valence-electron chi connectivity index (χ1n) is 9.30. The Balaban J connectivity index is 1.72. The van der Waals surface area contributed by atoms with Gasteiger partial charge in [0.15, 0.2) is 0 Å². The molecule has 2 aliphatic heterocycles. The summed E-state index contributed by atoms with van der Waals surface area (Å²) in [7, 11) is -1.70. The van der Waals surface area contributed by atoms with Crippen molar-refractivity contribution in [3.05, 3.63) is 59.5 Å². The minimum Gasteiger partial charge on any atom is -0.347 e. The summed E-state index contributed by atoms with van der Waals surface area (Å²) in [4.78, 5) is 0.204. The molecule has 1 aromatic heterocycles. The molecule has 140 valence electrons. The maximum atomic E-state index is 13.6. The van der Waals surface area contributed by atoms with Crippen LogP contribution in [0.1, 0.15) is 30.1 Å². The predicted molar refractivity (Wildman–Crippen MR) is 102 cm³/mol. The van der Waals surface area contributed by atoms with Crippen molar-refractivity contribution in [1.82, 2.24) is 9.88 Å². The van der Waals surface area contributed by atoms with Crippen molar-refractivity contribution in [2.75, 3.05) is 6.54 Å². The van der Waals surface area contributed by atoms with Gasteiger partial charge in [-0.25, -0.2) is 12.8 Å². The molecule has 2 unspecified atom stereocenters. The number of rotatable bonds is 2. The van der Waals surface area contributed by atoms with Gasteiger partial charge >= 0.3 is 0 Å². The van der Waals surface area contributed by atoms with Crippen molar-refractivity contribution in [2.24, 2.45) is 13.0 Å². The molecule has 6 heteroatoms. The predicted octanol–water partition coefficient (Wildman–Crippen LogP) is 3.75. The van der Waals surface area contributed by atoms with E-state index in [-0.39, 0.29) is 15.8 Å². The summed E-state index contributed by atoms with van der Waals surface area (Å²) in [6.07, 6.45) is 3.31. The molecule has 1 aliphatic carbocycles. The topological polar surface area (TPSA) is 51.1 Å². The Morgan fingerprint density at radius 2 is 1.93 bits per heavy atom. The second-order valence-electron chi connectivity index (χ2n) is 7.67. The van der Waals surface area contributed by atoms with E-state index in [1.807, 2.05) is 6.07 Å². The lowest BCUT2D eigenvalue weighted by Gasteiger charge is -2.25. The normalized spacial score (nSPS) is 22.0. The van der Waals surface area contributed by atoms with Gasteiger partial charge in [0.25, 0.3) is 0 Å².